The largest absolute Gasteiger partial charge is 0.373 e. The molecule has 3 atom stereocenters. The fourth-order valence-electron chi connectivity index (χ4n) is 3.63. The number of aryl methyl sites for hydroxylation is 2. The summed E-state index contributed by atoms with van der Waals surface area (Å²) in [4.78, 5) is 0. The van der Waals surface area contributed by atoms with Crippen LogP contribution in [0.5, 0.6) is 0 Å². The van der Waals surface area contributed by atoms with E-state index in [2.05, 4.69) is 37.3 Å². The van der Waals surface area contributed by atoms with Gasteiger partial charge in [0.15, 0.2) is 0 Å². The van der Waals surface area contributed by atoms with Gasteiger partial charge in [-0.2, -0.15) is 5.10 Å². The lowest BCUT2D eigenvalue weighted by atomic mass is 9.93. The third-order valence-corrected chi connectivity index (χ3v) is 5.47. The van der Waals surface area contributed by atoms with Gasteiger partial charge in [0.25, 0.3) is 0 Å². The van der Waals surface area contributed by atoms with Crippen molar-refractivity contribution >= 4 is 11.6 Å². The van der Waals surface area contributed by atoms with Gasteiger partial charge in [0, 0.05) is 48.4 Å². The molecule has 5 heteroatoms. The first-order chi connectivity index (χ1) is 11.5. The summed E-state index contributed by atoms with van der Waals surface area (Å²) in [6, 6.07) is 8.24. The number of halogens is 1. The minimum Gasteiger partial charge on any atom is -0.373 e. The molecule has 1 aromatic carbocycles. The summed E-state index contributed by atoms with van der Waals surface area (Å²) in [5.74, 6) is 0.455. The SMILES string of the molecule is Cc1nn(C)c(C)c1C1OCCC1CNC(C)c1ccccc1Cl. The molecule has 1 aliphatic heterocycles. The van der Waals surface area contributed by atoms with Crippen LogP contribution < -0.4 is 5.32 Å². The van der Waals surface area contributed by atoms with Crippen molar-refractivity contribution in [2.24, 2.45) is 13.0 Å². The second-order valence-corrected chi connectivity index (χ2v) is 7.11. The van der Waals surface area contributed by atoms with Crippen molar-refractivity contribution in [3.8, 4) is 0 Å². The van der Waals surface area contributed by atoms with E-state index in [0.717, 1.165) is 35.9 Å². The van der Waals surface area contributed by atoms with Crippen molar-refractivity contribution in [3.63, 3.8) is 0 Å². The van der Waals surface area contributed by atoms with Gasteiger partial charge in [-0.15, -0.1) is 0 Å². The van der Waals surface area contributed by atoms with E-state index in [1.165, 1.54) is 11.3 Å². The Hall–Kier alpha value is -1.36. The van der Waals surface area contributed by atoms with E-state index in [1.54, 1.807) is 0 Å². The number of rotatable bonds is 5. The minimum atomic E-state index is 0.129. The topological polar surface area (TPSA) is 39.1 Å². The smallest absolute Gasteiger partial charge is 0.0901 e. The van der Waals surface area contributed by atoms with Crippen LogP contribution in [-0.4, -0.2) is 22.9 Å². The highest BCUT2D eigenvalue weighted by Crippen LogP contribution is 2.37. The van der Waals surface area contributed by atoms with E-state index in [9.17, 15) is 0 Å². The molecule has 1 aliphatic rings. The standard InChI is InChI=1S/C19H26ClN3O/c1-12(16-7-5-6-8-17(16)20)21-11-15-9-10-24-19(15)18-13(2)22-23(4)14(18)3/h5-8,12,15,19,21H,9-11H2,1-4H3. The van der Waals surface area contributed by atoms with Gasteiger partial charge in [-0.3, -0.25) is 4.68 Å². The minimum absolute atomic E-state index is 0.129. The zero-order valence-corrected chi connectivity index (χ0v) is 15.6. The summed E-state index contributed by atoms with van der Waals surface area (Å²) in [5.41, 5.74) is 4.67. The van der Waals surface area contributed by atoms with Gasteiger partial charge in [0.05, 0.1) is 11.8 Å². The Kier molecular flexibility index (Phi) is 5.28. The first-order valence-corrected chi connectivity index (χ1v) is 8.96. The highest BCUT2D eigenvalue weighted by molar-refractivity contribution is 6.31. The van der Waals surface area contributed by atoms with Crippen molar-refractivity contribution < 1.29 is 4.74 Å². The van der Waals surface area contributed by atoms with Crippen molar-refractivity contribution in [3.05, 3.63) is 51.8 Å². The van der Waals surface area contributed by atoms with E-state index in [4.69, 9.17) is 16.3 Å². The van der Waals surface area contributed by atoms with Gasteiger partial charge in [-0.1, -0.05) is 29.8 Å². The zero-order valence-electron chi connectivity index (χ0n) is 14.8. The number of hydrogen-bond donors (Lipinski definition) is 1. The third kappa shape index (κ3) is 3.37. The first-order valence-electron chi connectivity index (χ1n) is 8.58. The molecule has 0 spiro atoms. The molecule has 0 saturated carbocycles. The predicted molar refractivity (Wildman–Crippen MR) is 97.4 cm³/mol. The predicted octanol–water partition coefficient (Wildman–Crippen LogP) is 4.12. The van der Waals surface area contributed by atoms with Crippen LogP contribution in [0.25, 0.3) is 0 Å². The van der Waals surface area contributed by atoms with Crippen molar-refractivity contribution in [1.82, 2.24) is 15.1 Å². The fourth-order valence-corrected chi connectivity index (χ4v) is 3.93. The second-order valence-electron chi connectivity index (χ2n) is 6.70. The van der Waals surface area contributed by atoms with Crippen molar-refractivity contribution in [2.45, 2.75) is 39.3 Å². The van der Waals surface area contributed by atoms with Gasteiger partial charge < -0.3 is 10.1 Å². The molecule has 1 saturated heterocycles. The van der Waals surface area contributed by atoms with Crippen LogP contribution in [0.4, 0.5) is 0 Å². The molecule has 130 valence electrons. The summed E-state index contributed by atoms with van der Waals surface area (Å²) in [6.07, 6.45) is 1.20. The number of aromatic nitrogens is 2. The number of nitrogens with one attached hydrogen (secondary N) is 1. The Morgan fingerprint density at radius 2 is 2.12 bits per heavy atom. The van der Waals surface area contributed by atoms with Crippen LogP contribution in [0.2, 0.25) is 5.02 Å². The van der Waals surface area contributed by atoms with Crippen LogP contribution >= 0.6 is 11.6 Å². The van der Waals surface area contributed by atoms with Crippen molar-refractivity contribution in [2.75, 3.05) is 13.2 Å². The molecule has 0 aliphatic carbocycles. The van der Waals surface area contributed by atoms with E-state index in [1.807, 2.05) is 29.9 Å². The Balaban J connectivity index is 1.70. The Morgan fingerprint density at radius 3 is 2.79 bits per heavy atom. The van der Waals surface area contributed by atoms with Crippen LogP contribution in [0.3, 0.4) is 0 Å². The van der Waals surface area contributed by atoms with Gasteiger partial charge >= 0.3 is 0 Å². The van der Waals surface area contributed by atoms with Crippen LogP contribution in [-0.2, 0) is 11.8 Å². The van der Waals surface area contributed by atoms with E-state index in [0.29, 0.717) is 5.92 Å². The molecule has 2 aromatic rings. The number of hydrogen-bond acceptors (Lipinski definition) is 3. The zero-order chi connectivity index (χ0) is 17.3. The van der Waals surface area contributed by atoms with Gasteiger partial charge in [0.1, 0.15) is 0 Å². The average Bonchev–Trinajstić information content (AvgIpc) is 3.10. The third-order valence-electron chi connectivity index (χ3n) is 5.12. The maximum absolute atomic E-state index is 6.31. The lowest BCUT2D eigenvalue weighted by Crippen LogP contribution is -2.28. The Bertz CT molecular complexity index is 713. The first kappa shape index (κ1) is 17.5. The van der Waals surface area contributed by atoms with Crippen LogP contribution in [0.1, 0.15) is 48.0 Å². The number of benzene rings is 1. The molecule has 3 unspecified atom stereocenters. The van der Waals surface area contributed by atoms with E-state index in [-0.39, 0.29) is 12.1 Å². The second kappa shape index (κ2) is 7.26. The lowest BCUT2D eigenvalue weighted by molar-refractivity contribution is 0.0888. The lowest BCUT2D eigenvalue weighted by Gasteiger charge is -2.23. The normalized spacial score (nSPS) is 22.0. The van der Waals surface area contributed by atoms with E-state index < -0.39 is 0 Å². The van der Waals surface area contributed by atoms with Crippen molar-refractivity contribution in [1.29, 1.82) is 0 Å². The molecule has 3 rings (SSSR count). The summed E-state index contributed by atoms with van der Waals surface area (Å²) >= 11 is 6.31. The van der Waals surface area contributed by atoms with Gasteiger partial charge in [-0.25, -0.2) is 0 Å². The summed E-state index contributed by atoms with van der Waals surface area (Å²) in [7, 11) is 1.99. The molecule has 1 aromatic heterocycles. The molecule has 0 amide bonds. The molecule has 2 heterocycles. The summed E-state index contributed by atoms with van der Waals surface area (Å²) in [6.45, 7) is 8.07. The fraction of sp³-hybridized carbons (Fsp3) is 0.526. The van der Waals surface area contributed by atoms with Gasteiger partial charge in [-0.05, 0) is 38.8 Å². The van der Waals surface area contributed by atoms with Crippen LogP contribution in [0, 0.1) is 19.8 Å². The molecule has 1 fully saturated rings. The molecular formula is C19H26ClN3O. The average molecular weight is 348 g/mol. The van der Waals surface area contributed by atoms with Crippen LogP contribution in [0.15, 0.2) is 24.3 Å². The molecule has 0 radical (unpaired) electrons. The maximum Gasteiger partial charge on any atom is 0.0901 e. The monoisotopic (exact) mass is 347 g/mol. The molecule has 0 bridgehead atoms. The number of nitrogens with zero attached hydrogens (tertiary/aromatic N) is 2. The molecule has 1 N–H and O–H groups in total. The Morgan fingerprint density at radius 1 is 1.38 bits per heavy atom. The van der Waals surface area contributed by atoms with Gasteiger partial charge in [0.2, 0.25) is 0 Å². The molecule has 4 nitrogen and oxygen atoms in total. The quantitative estimate of drug-likeness (QED) is 0.884. The highest BCUT2D eigenvalue weighted by atomic mass is 35.5. The molecule has 24 heavy (non-hydrogen) atoms. The number of ether oxygens (including phenoxy) is 1. The maximum atomic E-state index is 6.31. The molecular weight excluding hydrogens is 322 g/mol. The Labute approximate surface area is 149 Å². The summed E-state index contributed by atoms with van der Waals surface area (Å²) in [5, 5.41) is 8.99. The highest BCUT2D eigenvalue weighted by Gasteiger charge is 2.33. The summed E-state index contributed by atoms with van der Waals surface area (Å²) < 4.78 is 8.02. The van der Waals surface area contributed by atoms with E-state index >= 15 is 0 Å².